The standard InChI is InChI=1S/C22H27N3O4/c1-21(2,3)29-20(26)24-16-8-12-22(27,13-9-16)11-7-15-10-14-23-17-5-6-18(28-4)25-19(15)17/h5-6,10,14,16,27H,8-9,12-13H2,1-4H3,(H,24,26). The molecule has 7 nitrogen and oxygen atoms in total. The van der Waals surface area contributed by atoms with Gasteiger partial charge in [-0.1, -0.05) is 11.8 Å². The summed E-state index contributed by atoms with van der Waals surface area (Å²) in [5.41, 5.74) is 0.421. The van der Waals surface area contributed by atoms with E-state index in [2.05, 4.69) is 27.1 Å². The summed E-state index contributed by atoms with van der Waals surface area (Å²) in [6, 6.07) is 5.33. The van der Waals surface area contributed by atoms with Crippen molar-refractivity contribution in [2.45, 2.75) is 63.7 Å². The Morgan fingerprint density at radius 3 is 2.66 bits per heavy atom. The Morgan fingerprint density at radius 2 is 2.00 bits per heavy atom. The van der Waals surface area contributed by atoms with Gasteiger partial charge in [-0.15, -0.1) is 0 Å². The zero-order valence-corrected chi connectivity index (χ0v) is 17.3. The molecule has 0 aromatic carbocycles. The highest BCUT2D eigenvalue weighted by Crippen LogP contribution is 2.28. The van der Waals surface area contributed by atoms with Crippen molar-refractivity contribution < 1.29 is 19.4 Å². The number of amides is 1. The summed E-state index contributed by atoms with van der Waals surface area (Å²) in [5, 5.41) is 13.7. The Morgan fingerprint density at radius 1 is 1.28 bits per heavy atom. The van der Waals surface area contributed by atoms with Gasteiger partial charge < -0.3 is 19.9 Å². The second-order valence-electron chi connectivity index (χ2n) is 8.28. The van der Waals surface area contributed by atoms with Crippen molar-refractivity contribution in [1.82, 2.24) is 15.3 Å². The first-order valence-electron chi connectivity index (χ1n) is 9.72. The fourth-order valence-electron chi connectivity index (χ4n) is 3.24. The monoisotopic (exact) mass is 397 g/mol. The van der Waals surface area contributed by atoms with Gasteiger partial charge in [-0.3, -0.25) is 4.98 Å². The number of pyridine rings is 2. The first kappa shape index (κ1) is 20.9. The number of alkyl carbamates (subject to hydrolysis) is 1. The number of hydrogen-bond donors (Lipinski definition) is 2. The van der Waals surface area contributed by atoms with Crippen LogP contribution in [0.2, 0.25) is 0 Å². The zero-order valence-electron chi connectivity index (χ0n) is 17.3. The molecule has 2 aromatic rings. The molecule has 0 saturated heterocycles. The number of fused-ring (bicyclic) bond motifs is 1. The normalized spacial score (nSPS) is 21.8. The summed E-state index contributed by atoms with van der Waals surface area (Å²) >= 11 is 0. The molecule has 3 rings (SSSR count). The molecule has 7 heteroatoms. The number of hydrogen-bond acceptors (Lipinski definition) is 6. The number of nitrogens with zero attached hydrogens (tertiary/aromatic N) is 2. The van der Waals surface area contributed by atoms with Gasteiger partial charge in [-0.2, -0.15) is 0 Å². The van der Waals surface area contributed by atoms with Gasteiger partial charge in [-0.25, -0.2) is 9.78 Å². The van der Waals surface area contributed by atoms with Gasteiger partial charge in [0, 0.05) is 18.3 Å². The van der Waals surface area contributed by atoms with Crippen LogP contribution in [-0.2, 0) is 4.74 Å². The maximum atomic E-state index is 11.9. The van der Waals surface area contributed by atoms with Crippen LogP contribution >= 0.6 is 0 Å². The molecule has 1 fully saturated rings. The molecule has 0 bridgehead atoms. The molecule has 0 spiro atoms. The summed E-state index contributed by atoms with van der Waals surface area (Å²) in [5.74, 6) is 6.56. The first-order valence-corrected chi connectivity index (χ1v) is 9.72. The fourth-order valence-corrected chi connectivity index (χ4v) is 3.24. The smallest absolute Gasteiger partial charge is 0.407 e. The molecular formula is C22H27N3O4. The van der Waals surface area contributed by atoms with E-state index in [1.54, 1.807) is 25.4 Å². The largest absolute Gasteiger partial charge is 0.481 e. The second kappa shape index (κ2) is 8.26. The molecule has 154 valence electrons. The van der Waals surface area contributed by atoms with Gasteiger partial charge in [0.1, 0.15) is 16.7 Å². The summed E-state index contributed by atoms with van der Waals surface area (Å²) in [4.78, 5) is 20.6. The summed E-state index contributed by atoms with van der Waals surface area (Å²) in [6.07, 6.45) is 3.45. The Hall–Kier alpha value is -2.85. The Balaban J connectivity index is 1.68. The minimum absolute atomic E-state index is 0.0281. The SMILES string of the molecule is COc1ccc2nccc(C#CC3(O)CCC(NC(=O)OC(C)(C)C)CC3)c2n1. The zero-order chi connectivity index (χ0) is 21.1. The molecular weight excluding hydrogens is 370 g/mol. The number of carbonyl (C=O) groups is 1. The predicted octanol–water partition coefficient (Wildman–Crippen LogP) is 3.19. The Labute approximate surface area is 170 Å². The average Bonchev–Trinajstić information content (AvgIpc) is 2.66. The summed E-state index contributed by atoms with van der Waals surface area (Å²) in [6.45, 7) is 5.49. The van der Waals surface area contributed by atoms with Crippen molar-refractivity contribution in [3.05, 3.63) is 30.0 Å². The molecule has 0 unspecified atom stereocenters. The van der Waals surface area contributed by atoms with Gasteiger partial charge >= 0.3 is 6.09 Å². The molecule has 2 N–H and O–H groups in total. The Kier molecular flexibility index (Phi) is 5.94. The van der Waals surface area contributed by atoms with Crippen molar-refractivity contribution in [3.8, 4) is 17.7 Å². The van der Waals surface area contributed by atoms with Crippen molar-refractivity contribution in [1.29, 1.82) is 0 Å². The molecule has 2 heterocycles. The van der Waals surface area contributed by atoms with Crippen molar-refractivity contribution in [2.24, 2.45) is 0 Å². The van der Waals surface area contributed by atoms with E-state index < -0.39 is 17.3 Å². The molecule has 29 heavy (non-hydrogen) atoms. The molecule has 0 atom stereocenters. The van der Waals surface area contributed by atoms with E-state index in [1.165, 1.54) is 0 Å². The van der Waals surface area contributed by atoms with E-state index >= 15 is 0 Å². The molecule has 1 aliphatic carbocycles. The van der Waals surface area contributed by atoms with Crippen LogP contribution in [0.3, 0.4) is 0 Å². The number of aliphatic hydroxyl groups is 1. The number of methoxy groups -OCH3 is 1. The number of nitrogens with one attached hydrogen (secondary N) is 1. The second-order valence-corrected chi connectivity index (χ2v) is 8.28. The van der Waals surface area contributed by atoms with Crippen molar-refractivity contribution in [3.63, 3.8) is 0 Å². The third-order valence-corrected chi connectivity index (χ3v) is 4.73. The van der Waals surface area contributed by atoms with Gasteiger partial charge in [0.05, 0.1) is 18.2 Å². The Bertz CT molecular complexity index is 948. The quantitative estimate of drug-likeness (QED) is 0.756. The highest BCUT2D eigenvalue weighted by atomic mass is 16.6. The number of rotatable bonds is 2. The van der Waals surface area contributed by atoms with E-state index in [4.69, 9.17) is 9.47 Å². The van der Waals surface area contributed by atoms with Crippen molar-refractivity contribution >= 4 is 17.1 Å². The highest BCUT2D eigenvalue weighted by molar-refractivity contribution is 5.81. The lowest BCUT2D eigenvalue weighted by Crippen LogP contribution is -2.44. The van der Waals surface area contributed by atoms with E-state index in [-0.39, 0.29) is 6.04 Å². The predicted molar refractivity (Wildman–Crippen MR) is 110 cm³/mol. The lowest BCUT2D eigenvalue weighted by molar-refractivity contribution is 0.0343. The van der Waals surface area contributed by atoms with Gasteiger partial charge in [0.2, 0.25) is 5.88 Å². The molecule has 1 amide bonds. The lowest BCUT2D eigenvalue weighted by Gasteiger charge is -2.33. The highest BCUT2D eigenvalue weighted by Gasteiger charge is 2.33. The minimum atomic E-state index is -1.10. The van der Waals surface area contributed by atoms with E-state index in [0.29, 0.717) is 42.6 Å². The van der Waals surface area contributed by atoms with Crippen LogP contribution in [0.1, 0.15) is 52.0 Å². The lowest BCUT2D eigenvalue weighted by atomic mass is 9.82. The maximum Gasteiger partial charge on any atom is 0.407 e. The third-order valence-electron chi connectivity index (χ3n) is 4.73. The van der Waals surface area contributed by atoms with Crippen LogP contribution in [-0.4, -0.2) is 45.5 Å². The molecule has 2 aromatic heterocycles. The fraction of sp³-hybridized carbons (Fsp3) is 0.500. The topological polar surface area (TPSA) is 93.6 Å². The molecule has 0 radical (unpaired) electrons. The number of ether oxygens (including phenoxy) is 2. The van der Waals surface area contributed by atoms with Gasteiger partial charge in [-0.05, 0) is 58.6 Å². The van der Waals surface area contributed by atoms with Crippen LogP contribution in [0, 0.1) is 11.8 Å². The van der Waals surface area contributed by atoms with E-state index in [9.17, 15) is 9.90 Å². The van der Waals surface area contributed by atoms with Crippen LogP contribution < -0.4 is 10.1 Å². The minimum Gasteiger partial charge on any atom is -0.481 e. The summed E-state index contributed by atoms with van der Waals surface area (Å²) in [7, 11) is 1.56. The van der Waals surface area contributed by atoms with Crippen LogP contribution in [0.5, 0.6) is 5.88 Å². The van der Waals surface area contributed by atoms with Crippen molar-refractivity contribution in [2.75, 3.05) is 7.11 Å². The summed E-state index contributed by atoms with van der Waals surface area (Å²) < 4.78 is 10.5. The first-order chi connectivity index (χ1) is 13.7. The number of aromatic nitrogens is 2. The molecule has 1 aliphatic rings. The van der Waals surface area contributed by atoms with Crippen LogP contribution in [0.4, 0.5) is 4.79 Å². The average molecular weight is 397 g/mol. The maximum absolute atomic E-state index is 11.9. The van der Waals surface area contributed by atoms with E-state index in [0.717, 1.165) is 5.52 Å². The molecule has 0 aliphatic heterocycles. The molecule has 1 saturated carbocycles. The van der Waals surface area contributed by atoms with Gasteiger partial charge in [0.25, 0.3) is 0 Å². The van der Waals surface area contributed by atoms with Crippen LogP contribution in [0.15, 0.2) is 24.4 Å². The van der Waals surface area contributed by atoms with E-state index in [1.807, 2.05) is 26.8 Å². The third kappa shape index (κ3) is 5.58. The number of carbonyl (C=O) groups excluding carboxylic acids is 1. The van der Waals surface area contributed by atoms with Crippen LogP contribution in [0.25, 0.3) is 11.0 Å². The van der Waals surface area contributed by atoms with Gasteiger partial charge in [0.15, 0.2) is 0 Å².